The molecule has 0 spiro atoms. The van der Waals surface area contributed by atoms with Gasteiger partial charge < -0.3 is 5.32 Å². The zero-order valence-electron chi connectivity index (χ0n) is 10.7. The lowest BCUT2D eigenvalue weighted by Crippen LogP contribution is -1.89. The number of allylic oxidation sites excluding steroid dienone is 1. The number of hydrogen-bond acceptors (Lipinski definition) is 1. The van der Waals surface area contributed by atoms with Gasteiger partial charge in [0.25, 0.3) is 0 Å². The normalized spacial score (nSPS) is 8.60. The summed E-state index contributed by atoms with van der Waals surface area (Å²) < 4.78 is 0. The van der Waals surface area contributed by atoms with E-state index in [2.05, 4.69) is 48.7 Å². The zero-order chi connectivity index (χ0) is 11.9. The van der Waals surface area contributed by atoms with E-state index < -0.39 is 0 Å². The Morgan fingerprint density at radius 1 is 1.07 bits per heavy atom. The molecule has 0 saturated carbocycles. The number of nitrogens with one attached hydrogen (secondary N) is 1. The molecule has 1 rings (SSSR count). The summed E-state index contributed by atoms with van der Waals surface area (Å²) in [6.45, 7) is 6.14. The van der Waals surface area contributed by atoms with Crippen molar-refractivity contribution in [1.82, 2.24) is 5.32 Å². The molecule has 0 bridgehead atoms. The van der Waals surface area contributed by atoms with E-state index in [1.54, 1.807) is 0 Å². The van der Waals surface area contributed by atoms with Crippen LogP contribution in [0.5, 0.6) is 0 Å². The van der Waals surface area contributed by atoms with E-state index in [1.165, 1.54) is 5.56 Å². The zero-order valence-corrected chi connectivity index (χ0v) is 10.7. The first-order valence-corrected chi connectivity index (χ1v) is 5.65. The average Bonchev–Trinajstić information content (AvgIpc) is 2.31. The van der Waals surface area contributed by atoms with Crippen LogP contribution in [0.25, 0.3) is 6.08 Å². The van der Waals surface area contributed by atoms with Crippen LogP contribution < -0.4 is 5.32 Å². The second-order valence-electron chi connectivity index (χ2n) is 2.72. The highest BCUT2D eigenvalue weighted by atomic mass is 14.7. The Morgan fingerprint density at radius 2 is 1.53 bits per heavy atom. The van der Waals surface area contributed by atoms with E-state index in [4.69, 9.17) is 0 Å². The van der Waals surface area contributed by atoms with Crippen LogP contribution in [0.1, 0.15) is 32.8 Å². The van der Waals surface area contributed by atoms with Gasteiger partial charge in [-0.15, -0.1) is 0 Å². The van der Waals surface area contributed by atoms with Crippen LogP contribution in [-0.2, 0) is 0 Å². The molecular formula is C14H25N. The lowest BCUT2D eigenvalue weighted by atomic mass is 10.2. The fourth-order valence-electron chi connectivity index (χ4n) is 0.818. The van der Waals surface area contributed by atoms with Crippen LogP contribution in [0.4, 0.5) is 0 Å². The minimum Gasteiger partial charge on any atom is -0.323 e. The van der Waals surface area contributed by atoms with Crippen molar-refractivity contribution in [1.29, 1.82) is 0 Å². The maximum absolute atomic E-state index is 2.75. The molecule has 0 atom stereocenters. The van der Waals surface area contributed by atoms with Gasteiger partial charge >= 0.3 is 0 Å². The van der Waals surface area contributed by atoms with E-state index in [1.807, 2.05) is 34.0 Å². The first-order valence-electron chi connectivity index (χ1n) is 5.65. The van der Waals surface area contributed by atoms with Gasteiger partial charge in [0.05, 0.1) is 0 Å². The van der Waals surface area contributed by atoms with Gasteiger partial charge in [-0.2, -0.15) is 0 Å². The lowest BCUT2D eigenvalue weighted by Gasteiger charge is -1.88. The maximum atomic E-state index is 2.75. The van der Waals surface area contributed by atoms with Gasteiger partial charge in [-0.25, -0.2) is 0 Å². The standard InChI is InChI=1S/C10H12.C2H7N.C2H6/c1-2-3-7-10-8-5-4-6-9-10;1-3-2;1-2/h3-9H,2H2,1H3;3H,1-2H3;1-2H3/b7-3+;;. The first kappa shape index (κ1) is 16.4. The van der Waals surface area contributed by atoms with Gasteiger partial charge in [-0.3, -0.25) is 0 Å². The average molecular weight is 207 g/mol. The topological polar surface area (TPSA) is 12.0 Å². The molecule has 1 nitrogen and oxygen atoms in total. The summed E-state index contributed by atoms with van der Waals surface area (Å²) in [6, 6.07) is 10.3. The van der Waals surface area contributed by atoms with Crippen LogP contribution in [-0.4, -0.2) is 14.1 Å². The molecule has 15 heavy (non-hydrogen) atoms. The summed E-state index contributed by atoms with van der Waals surface area (Å²) in [6.07, 6.45) is 5.41. The largest absolute Gasteiger partial charge is 0.323 e. The minimum atomic E-state index is 1.11. The van der Waals surface area contributed by atoms with Crippen molar-refractivity contribution in [2.24, 2.45) is 0 Å². The summed E-state index contributed by atoms with van der Waals surface area (Å²) in [5.74, 6) is 0. The Bertz CT molecular complexity index is 214. The van der Waals surface area contributed by atoms with Crippen molar-refractivity contribution in [3.8, 4) is 0 Å². The molecule has 0 radical (unpaired) electrons. The van der Waals surface area contributed by atoms with Crippen molar-refractivity contribution < 1.29 is 0 Å². The van der Waals surface area contributed by atoms with Crippen molar-refractivity contribution >= 4 is 6.08 Å². The Labute approximate surface area is 95.2 Å². The van der Waals surface area contributed by atoms with Crippen LogP contribution in [0, 0.1) is 0 Å². The van der Waals surface area contributed by atoms with Gasteiger partial charge in [-0.1, -0.05) is 63.3 Å². The molecule has 0 fully saturated rings. The van der Waals surface area contributed by atoms with Gasteiger partial charge in [0.1, 0.15) is 0 Å². The molecule has 0 amide bonds. The molecule has 0 aliphatic heterocycles. The highest BCUT2D eigenvalue weighted by Crippen LogP contribution is 2.00. The molecule has 1 aromatic carbocycles. The summed E-state index contributed by atoms with van der Waals surface area (Å²) in [7, 11) is 3.75. The second kappa shape index (κ2) is 15.4. The summed E-state index contributed by atoms with van der Waals surface area (Å²) in [5, 5.41) is 2.75. The van der Waals surface area contributed by atoms with Crippen LogP contribution >= 0.6 is 0 Å². The third kappa shape index (κ3) is 12.9. The van der Waals surface area contributed by atoms with Crippen LogP contribution in [0.2, 0.25) is 0 Å². The minimum absolute atomic E-state index is 1.11. The molecule has 0 heterocycles. The van der Waals surface area contributed by atoms with E-state index in [9.17, 15) is 0 Å². The van der Waals surface area contributed by atoms with Crippen LogP contribution in [0.15, 0.2) is 36.4 Å². The third-order valence-electron chi connectivity index (χ3n) is 1.35. The van der Waals surface area contributed by atoms with E-state index in [0.29, 0.717) is 0 Å². The van der Waals surface area contributed by atoms with Gasteiger partial charge in [-0.05, 0) is 26.1 Å². The third-order valence-corrected chi connectivity index (χ3v) is 1.35. The SMILES string of the molecule is CC.CC/C=C/c1ccccc1.CNC. The maximum Gasteiger partial charge on any atom is -0.0167 e. The number of hydrogen-bond donors (Lipinski definition) is 1. The molecule has 0 aliphatic carbocycles. The Morgan fingerprint density at radius 3 is 1.93 bits per heavy atom. The molecule has 1 heteroatoms. The molecular weight excluding hydrogens is 182 g/mol. The van der Waals surface area contributed by atoms with Crippen molar-refractivity contribution in [2.75, 3.05) is 14.1 Å². The van der Waals surface area contributed by atoms with E-state index >= 15 is 0 Å². The number of benzene rings is 1. The fraction of sp³-hybridized carbons (Fsp3) is 0.429. The van der Waals surface area contributed by atoms with Gasteiger partial charge in [0.15, 0.2) is 0 Å². The predicted octanol–water partition coefficient (Wildman–Crippen LogP) is 3.97. The fourth-order valence-corrected chi connectivity index (χ4v) is 0.818. The highest BCUT2D eigenvalue weighted by Gasteiger charge is 1.78. The lowest BCUT2D eigenvalue weighted by molar-refractivity contribution is 1.02. The highest BCUT2D eigenvalue weighted by molar-refractivity contribution is 5.48. The molecule has 0 aliphatic rings. The predicted molar refractivity (Wildman–Crippen MR) is 72.1 cm³/mol. The summed E-state index contributed by atoms with van der Waals surface area (Å²) in [4.78, 5) is 0. The van der Waals surface area contributed by atoms with Gasteiger partial charge in [0.2, 0.25) is 0 Å². The van der Waals surface area contributed by atoms with Crippen molar-refractivity contribution in [3.05, 3.63) is 42.0 Å². The van der Waals surface area contributed by atoms with Crippen molar-refractivity contribution in [2.45, 2.75) is 27.2 Å². The first-order chi connectivity index (χ1) is 7.35. The monoisotopic (exact) mass is 207 g/mol. The van der Waals surface area contributed by atoms with Crippen molar-refractivity contribution in [3.63, 3.8) is 0 Å². The molecule has 1 N–H and O–H groups in total. The quantitative estimate of drug-likeness (QED) is 0.773. The number of rotatable bonds is 2. The van der Waals surface area contributed by atoms with E-state index in [-0.39, 0.29) is 0 Å². The second-order valence-corrected chi connectivity index (χ2v) is 2.72. The Kier molecular flexibility index (Phi) is 16.8. The van der Waals surface area contributed by atoms with Gasteiger partial charge in [0, 0.05) is 0 Å². The van der Waals surface area contributed by atoms with Crippen LogP contribution in [0.3, 0.4) is 0 Å². The molecule has 1 aromatic rings. The molecule has 0 aromatic heterocycles. The molecule has 0 saturated heterocycles. The van der Waals surface area contributed by atoms with E-state index in [0.717, 1.165) is 6.42 Å². The Balaban J connectivity index is 0. The summed E-state index contributed by atoms with van der Waals surface area (Å²) >= 11 is 0. The molecule has 0 unspecified atom stereocenters. The Hall–Kier alpha value is -1.08. The molecule has 86 valence electrons. The summed E-state index contributed by atoms with van der Waals surface area (Å²) in [5.41, 5.74) is 1.28. The smallest absolute Gasteiger partial charge is 0.0167 e.